The van der Waals surface area contributed by atoms with Crippen molar-refractivity contribution in [1.82, 2.24) is 0 Å². The van der Waals surface area contributed by atoms with E-state index in [-0.39, 0.29) is 18.2 Å². The minimum Gasteiger partial charge on any atom is -0.497 e. The summed E-state index contributed by atoms with van der Waals surface area (Å²) in [5.74, 6) is 0.120. The monoisotopic (exact) mass is 474 g/mol. The fourth-order valence-corrected chi connectivity index (χ4v) is 4.56. The number of aliphatic carboxylic acids is 1. The van der Waals surface area contributed by atoms with E-state index in [1.807, 2.05) is 43.3 Å². The Morgan fingerprint density at radius 3 is 2.60 bits per heavy atom. The summed E-state index contributed by atoms with van der Waals surface area (Å²) in [6.07, 6.45) is 6.62. The molecule has 0 spiro atoms. The first kappa shape index (κ1) is 24.5. The maximum atomic E-state index is 14.9. The molecule has 0 aromatic heterocycles. The molecule has 0 fully saturated rings. The van der Waals surface area contributed by atoms with E-state index < -0.39 is 5.97 Å². The molecule has 182 valence electrons. The summed E-state index contributed by atoms with van der Waals surface area (Å²) in [6, 6.07) is 18.4. The highest BCUT2D eigenvalue weighted by Crippen LogP contribution is 2.37. The summed E-state index contributed by atoms with van der Waals surface area (Å²) in [5.41, 5.74) is 5.56. The standard InChI is InChI=1S/C30H31FO4/c1-20(15-30(32)33)23-9-6-10-25(17-23)35-19-21-11-13-26(27(16-21)22-7-4-3-5-8-22)28-18-24(34-2)12-14-29(28)31/h6-7,9-14,16-18,20H,3-5,8,15,19H2,1-2H3,(H,32,33)/t20-/m1/s1. The number of halogens is 1. The predicted molar refractivity (Wildman–Crippen MR) is 136 cm³/mol. The predicted octanol–water partition coefficient (Wildman–Crippen LogP) is 7.62. The molecule has 4 rings (SSSR count). The van der Waals surface area contributed by atoms with Crippen molar-refractivity contribution in [3.05, 3.63) is 89.2 Å². The van der Waals surface area contributed by atoms with Gasteiger partial charge in [-0.1, -0.05) is 37.3 Å². The first-order chi connectivity index (χ1) is 16.9. The Hall–Kier alpha value is -3.60. The van der Waals surface area contributed by atoms with Crippen molar-refractivity contribution in [2.75, 3.05) is 7.11 Å². The number of allylic oxidation sites excluding steroid dienone is 2. The minimum absolute atomic E-state index is 0.0736. The van der Waals surface area contributed by atoms with Crippen LogP contribution in [0.4, 0.5) is 4.39 Å². The molecule has 0 saturated heterocycles. The third-order valence-corrected chi connectivity index (χ3v) is 6.50. The molecule has 0 aliphatic heterocycles. The first-order valence-electron chi connectivity index (χ1n) is 12.1. The van der Waals surface area contributed by atoms with Crippen LogP contribution in [-0.4, -0.2) is 18.2 Å². The molecule has 35 heavy (non-hydrogen) atoms. The van der Waals surface area contributed by atoms with Gasteiger partial charge in [0.25, 0.3) is 0 Å². The van der Waals surface area contributed by atoms with Gasteiger partial charge in [0, 0.05) is 5.56 Å². The van der Waals surface area contributed by atoms with Gasteiger partial charge in [-0.3, -0.25) is 4.79 Å². The Bertz CT molecular complexity index is 1230. The Balaban J connectivity index is 1.62. The molecule has 0 radical (unpaired) electrons. The highest BCUT2D eigenvalue weighted by molar-refractivity contribution is 5.82. The van der Waals surface area contributed by atoms with Gasteiger partial charge in [-0.15, -0.1) is 0 Å². The number of carboxylic acid groups (broad SMARTS) is 1. The lowest BCUT2D eigenvalue weighted by Gasteiger charge is -2.19. The van der Waals surface area contributed by atoms with E-state index in [2.05, 4.69) is 12.1 Å². The van der Waals surface area contributed by atoms with Crippen LogP contribution in [0, 0.1) is 5.82 Å². The fraction of sp³-hybridized carbons (Fsp3) is 0.300. The van der Waals surface area contributed by atoms with Crippen LogP contribution in [0.1, 0.15) is 61.6 Å². The van der Waals surface area contributed by atoms with Crippen LogP contribution in [-0.2, 0) is 11.4 Å². The van der Waals surface area contributed by atoms with Gasteiger partial charge in [0.05, 0.1) is 13.5 Å². The fourth-order valence-electron chi connectivity index (χ4n) is 4.56. The van der Waals surface area contributed by atoms with Crippen LogP contribution in [0.2, 0.25) is 0 Å². The van der Waals surface area contributed by atoms with Crippen molar-refractivity contribution in [2.24, 2.45) is 0 Å². The third-order valence-electron chi connectivity index (χ3n) is 6.50. The Kier molecular flexibility index (Phi) is 7.86. The van der Waals surface area contributed by atoms with Gasteiger partial charge in [-0.2, -0.15) is 0 Å². The van der Waals surface area contributed by atoms with Crippen molar-refractivity contribution < 1.29 is 23.8 Å². The van der Waals surface area contributed by atoms with Crippen molar-refractivity contribution >= 4 is 11.5 Å². The molecule has 0 amide bonds. The molecule has 1 N–H and O–H groups in total. The molecule has 1 aliphatic rings. The quantitative estimate of drug-likeness (QED) is 0.347. The van der Waals surface area contributed by atoms with Crippen LogP contribution in [0.5, 0.6) is 11.5 Å². The number of carbonyl (C=O) groups is 1. The van der Waals surface area contributed by atoms with E-state index >= 15 is 0 Å². The molecule has 0 unspecified atom stereocenters. The number of methoxy groups -OCH3 is 1. The zero-order chi connectivity index (χ0) is 24.8. The zero-order valence-corrected chi connectivity index (χ0v) is 20.2. The van der Waals surface area contributed by atoms with Crippen molar-refractivity contribution in [3.63, 3.8) is 0 Å². The number of hydrogen-bond acceptors (Lipinski definition) is 3. The molecule has 1 aliphatic carbocycles. The number of hydrogen-bond donors (Lipinski definition) is 1. The van der Waals surface area contributed by atoms with E-state index in [0.717, 1.165) is 41.5 Å². The molecule has 1 atom stereocenters. The molecule has 3 aromatic rings. The minimum atomic E-state index is -0.819. The number of carboxylic acids is 1. The molecule has 0 saturated carbocycles. The Labute approximate surface area is 206 Å². The van der Waals surface area contributed by atoms with Crippen LogP contribution in [0.3, 0.4) is 0 Å². The van der Waals surface area contributed by atoms with E-state index in [1.165, 1.54) is 18.1 Å². The molecule has 5 heteroatoms. The summed E-state index contributed by atoms with van der Waals surface area (Å²) >= 11 is 0. The summed E-state index contributed by atoms with van der Waals surface area (Å²) in [5, 5.41) is 9.08. The second kappa shape index (κ2) is 11.2. The highest BCUT2D eigenvalue weighted by atomic mass is 19.1. The van der Waals surface area contributed by atoms with Gasteiger partial charge in [0.2, 0.25) is 0 Å². The van der Waals surface area contributed by atoms with Gasteiger partial charge < -0.3 is 14.6 Å². The lowest BCUT2D eigenvalue weighted by Crippen LogP contribution is -2.04. The summed E-state index contributed by atoms with van der Waals surface area (Å²) in [6.45, 7) is 2.26. The van der Waals surface area contributed by atoms with Gasteiger partial charge >= 0.3 is 5.97 Å². The third kappa shape index (κ3) is 6.10. The van der Waals surface area contributed by atoms with Crippen LogP contribution < -0.4 is 9.47 Å². The van der Waals surface area contributed by atoms with Crippen molar-refractivity contribution in [3.8, 4) is 22.6 Å². The normalized spacial score (nSPS) is 14.2. The Morgan fingerprint density at radius 1 is 1.00 bits per heavy atom. The van der Waals surface area contributed by atoms with Gasteiger partial charge in [-0.05, 0) is 95.8 Å². The first-order valence-corrected chi connectivity index (χ1v) is 12.1. The largest absolute Gasteiger partial charge is 0.497 e. The molecule has 0 bridgehead atoms. The van der Waals surface area contributed by atoms with Gasteiger partial charge in [0.15, 0.2) is 0 Å². The molecule has 3 aromatic carbocycles. The number of benzene rings is 3. The Morgan fingerprint density at radius 2 is 1.86 bits per heavy atom. The average molecular weight is 475 g/mol. The van der Waals surface area contributed by atoms with Crippen LogP contribution in [0.15, 0.2) is 66.7 Å². The second-order valence-corrected chi connectivity index (χ2v) is 9.06. The van der Waals surface area contributed by atoms with E-state index in [9.17, 15) is 9.18 Å². The summed E-state index contributed by atoms with van der Waals surface area (Å²) in [7, 11) is 1.58. The molecule has 4 nitrogen and oxygen atoms in total. The van der Waals surface area contributed by atoms with Crippen LogP contribution >= 0.6 is 0 Å². The van der Waals surface area contributed by atoms with E-state index in [0.29, 0.717) is 23.7 Å². The maximum Gasteiger partial charge on any atom is 0.303 e. The zero-order valence-electron chi connectivity index (χ0n) is 20.2. The topological polar surface area (TPSA) is 55.8 Å². The lowest BCUT2D eigenvalue weighted by molar-refractivity contribution is -0.137. The van der Waals surface area contributed by atoms with Crippen molar-refractivity contribution in [1.29, 1.82) is 0 Å². The number of rotatable bonds is 9. The van der Waals surface area contributed by atoms with E-state index in [4.69, 9.17) is 14.6 Å². The van der Waals surface area contributed by atoms with Gasteiger partial charge in [-0.25, -0.2) is 4.39 Å². The number of ether oxygens (including phenoxy) is 2. The van der Waals surface area contributed by atoms with Crippen LogP contribution in [0.25, 0.3) is 16.7 Å². The molecular formula is C30H31FO4. The van der Waals surface area contributed by atoms with Crippen molar-refractivity contribution in [2.45, 2.75) is 51.6 Å². The van der Waals surface area contributed by atoms with Gasteiger partial charge in [0.1, 0.15) is 23.9 Å². The molecule has 0 heterocycles. The maximum absolute atomic E-state index is 14.9. The highest BCUT2D eigenvalue weighted by Gasteiger charge is 2.17. The summed E-state index contributed by atoms with van der Waals surface area (Å²) in [4.78, 5) is 11.1. The molecular weight excluding hydrogens is 443 g/mol. The van der Waals surface area contributed by atoms with E-state index in [1.54, 1.807) is 19.2 Å². The second-order valence-electron chi connectivity index (χ2n) is 9.06. The average Bonchev–Trinajstić information content (AvgIpc) is 2.88. The lowest BCUT2D eigenvalue weighted by atomic mass is 9.87. The summed E-state index contributed by atoms with van der Waals surface area (Å²) < 4.78 is 26.3. The smallest absolute Gasteiger partial charge is 0.303 e. The SMILES string of the molecule is COc1ccc(F)c(-c2ccc(COc3cccc([C@H](C)CC(=O)O)c3)cc2C2=CCCCC2)c1.